The molecule has 62 valence electrons. The summed E-state index contributed by atoms with van der Waals surface area (Å²) in [4.78, 5) is 0. The van der Waals surface area contributed by atoms with Crippen molar-refractivity contribution in [3.05, 3.63) is 35.9 Å². The van der Waals surface area contributed by atoms with Crippen LogP contribution in [0.1, 0.15) is 18.4 Å². The molecule has 0 spiro atoms. The third-order valence-electron chi connectivity index (χ3n) is 1.82. The third kappa shape index (κ3) is 1.84. The molecule has 1 aromatic rings. The lowest BCUT2D eigenvalue weighted by Gasteiger charge is -2.12. The lowest BCUT2D eigenvalue weighted by Crippen LogP contribution is -2.23. The summed E-state index contributed by atoms with van der Waals surface area (Å²) in [5.41, 5.74) is 6.65. The van der Waals surface area contributed by atoms with Crippen LogP contribution in [0.5, 0.6) is 0 Å². The van der Waals surface area contributed by atoms with Crippen LogP contribution in [0, 0.1) is 11.3 Å². The highest BCUT2D eigenvalue weighted by Gasteiger charge is 2.13. The predicted octanol–water partition coefficient (Wildman–Crippen LogP) is 1.64. The van der Waals surface area contributed by atoms with Gasteiger partial charge in [-0.2, -0.15) is 5.26 Å². The molecule has 12 heavy (non-hydrogen) atoms. The van der Waals surface area contributed by atoms with Gasteiger partial charge in [0.05, 0.1) is 12.0 Å². The van der Waals surface area contributed by atoms with Gasteiger partial charge in [0.1, 0.15) is 0 Å². The Kier molecular flexibility index (Phi) is 2.84. The van der Waals surface area contributed by atoms with Crippen LogP contribution in [0.25, 0.3) is 0 Å². The first-order valence-electron chi connectivity index (χ1n) is 3.96. The Bertz CT molecular complexity index is 272. The van der Waals surface area contributed by atoms with Gasteiger partial charge < -0.3 is 5.73 Å². The van der Waals surface area contributed by atoms with E-state index in [0.29, 0.717) is 0 Å². The molecule has 2 unspecified atom stereocenters. The molecule has 0 radical (unpaired) electrons. The minimum Gasteiger partial charge on any atom is -0.326 e. The van der Waals surface area contributed by atoms with E-state index in [1.807, 2.05) is 37.3 Å². The van der Waals surface area contributed by atoms with Gasteiger partial charge in [-0.25, -0.2) is 0 Å². The summed E-state index contributed by atoms with van der Waals surface area (Å²) in [6.07, 6.45) is 0. The maximum Gasteiger partial charge on any atom is 0.0860 e. The molecule has 2 heteroatoms. The van der Waals surface area contributed by atoms with E-state index in [1.165, 1.54) is 0 Å². The fraction of sp³-hybridized carbons (Fsp3) is 0.300. The van der Waals surface area contributed by atoms with Gasteiger partial charge in [0, 0.05) is 6.04 Å². The fourth-order valence-electron chi connectivity index (χ4n) is 1.16. The van der Waals surface area contributed by atoms with E-state index in [0.717, 1.165) is 5.56 Å². The van der Waals surface area contributed by atoms with Crippen LogP contribution in [-0.2, 0) is 0 Å². The van der Waals surface area contributed by atoms with E-state index in [2.05, 4.69) is 6.07 Å². The number of benzene rings is 1. The molecule has 1 aromatic carbocycles. The van der Waals surface area contributed by atoms with E-state index in [1.54, 1.807) is 0 Å². The van der Waals surface area contributed by atoms with Crippen LogP contribution in [0.3, 0.4) is 0 Å². The van der Waals surface area contributed by atoms with Crippen LogP contribution in [0.4, 0.5) is 0 Å². The molecule has 0 fully saturated rings. The zero-order valence-electron chi connectivity index (χ0n) is 7.07. The summed E-state index contributed by atoms with van der Waals surface area (Å²) in [5.74, 6) is -0.189. The van der Waals surface area contributed by atoms with E-state index in [-0.39, 0.29) is 12.0 Å². The first-order valence-corrected chi connectivity index (χ1v) is 3.96. The van der Waals surface area contributed by atoms with Crippen LogP contribution in [-0.4, -0.2) is 6.04 Å². The Labute approximate surface area is 72.6 Å². The van der Waals surface area contributed by atoms with Crippen molar-refractivity contribution in [1.29, 1.82) is 5.26 Å². The molecule has 2 N–H and O–H groups in total. The summed E-state index contributed by atoms with van der Waals surface area (Å²) >= 11 is 0. The Morgan fingerprint density at radius 3 is 2.33 bits per heavy atom. The Morgan fingerprint density at radius 2 is 1.92 bits per heavy atom. The summed E-state index contributed by atoms with van der Waals surface area (Å²) in [5, 5.41) is 8.82. The molecule has 0 aliphatic carbocycles. The van der Waals surface area contributed by atoms with Gasteiger partial charge in [0.15, 0.2) is 0 Å². The van der Waals surface area contributed by atoms with Gasteiger partial charge in [-0.1, -0.05) is 30.3 Å². The lowest BCUT2D eigenvalue weighted by molar-refractivity contribution is 0.672. The first-order chi connectivity index (χ1) is 5.75. The second-order valence-electron chi connectivity index (χ2n) is 2.88. The largest absolute Gasteiger partial charge is 0.326 e. The van der Waals surface area contributed by atoms with Gasteiger partial charge in [-0.15, -0.1) is 0 Å². The molecule has 0 saturated carbocycles. The highest BCUT2D eigenvalue weighted by molar-refractivity contribution is 5.26. The van der Waals surface area contributed by atoms with Gasteiger partial charge in [-0.3, -0.25) is 0 Å². The van der Waals surface area contributed by atoms with Crippen molar-refractivity contribution in [3.8, 4) is 6.07 Å². The van der Waals surface area contributed by atoms with Crippen molar-refractivity contribution < 1.29 is 0 Å². The van der Waals surface area contributed by atoms with Gasteiger partial charge in [0.2, 0.25) is 0 Å². The normalized spacial score (nSPS) is 14.8. The predicted molar refractivity (Wildman–Crippen MR) is 48.4 cm³/mol. The van der Waals surface area contributed by atoms with Gasteiger partial charge >= 0.3 is 0 Å². The summed E-state index contributed by atoms with van der Waals surface area (Å²) < 4.78 is 0. The number of nitrogens with zero attached hydrogens (tertiary/aromatic N) is 1. The van der Waals surface area contributed by atoms with Crippen molar-refractivity contribution in [2.24, 2.45) is 5.73 Å². The molecule has 1 rings (SSSR count). The molecule has 0 aliphatic rings. The van der Waals surface area contributed by atoms with Crippen LogP contribution < -0.4 is 5.73 Å². The minimum absolute atomic E-state index is 0.114. The quantitative estimate of drug-likeness (QED) is 0.715. The van der Waals surface area contributed by atoms with E-state index < -0.39 is 0 Å². The fourth-order valence-corrected chi connectivity index (χ4v) is 1.16. The summed E-state index contributed by atoms with van der Waals surface area (Å²) in [6.45, 7) is 1.85. The average molecular weight is 160 g/mol. The highest BCUT2D eigenvalue weighted by atomic mass is 14.6. The van der Waals surface area contributed by atoms with Crippen molar-refractivity contribution in [3.63, 3.8) is 0 Å². The highest BCUT2D eigenvalue weighted by Crippen LogP contribution is 2.16. The van der Waals surface area contributed by atoms with Crippen molar-refractivity contribution >= 4 is 0 Å². The van der Waals surface area contributed by atoms with Crippen molar-refractivity contribution in [2.75, 3.05) is 0 Å². The van der Waals surface area contributed by atoms with E-state index in [4.69, 9.17) is 11.0 Å². The molecular weight excluding hydrogens is 148 g/mol. The zero-order chi connectivity index (χ0) is 8.97. The molecule has 0 aromatic heterocycles. The number of hydrogen-bond acceptors (Lipinski definition) is 2. The number of nitrogens with two attached hydrogens (primary N) is 1. The molecule has 0 aliphatic heterocycles. The molecule has 0 heterocycles. The molecule has 0 bridgehead atoms. The second-order valence-corrected chi connectivity index (χ2v) is 2.88. The number of nitriles is 1. The van der Waals surface area contributed by atoms with Gasteiger partial charge in [-0.05, 0) is 12.5 Å². The molecule has 2 nitrogen and oxygen atoms in total. The number of rotatable bonds is 2. The van der Waals surface area contributed by atoms with Crippen molar-refractivity contribution in [2.45, 2.75) is 18.9 Å². The first kappa shape index (κ1) is 8.76. The van der Waals surface area contributed by atoms with Gasteiger partial charge in [0.25, 0.3) is 0 Å². The molecule has 2 atom stereocenters. The van der Waals surface area contributed by atoms with Crippen LogP contribution in [0.2, 0.25) is 0 Å². The van der Waals surface area contributed by atoms with Crippen molar-refractivity contribution in [1.82, 2.24) is 0 Å². The zero-order valence-corrected chi connectivity index (χ0v) is 7.07. The Hall–Kier alpha value is -1.33. The maximum absolute atomic E-state index is 8.82. The smallest absolute Gasteiger partial charge is 0.0860 e. The third-order valence-corrected chi connectivity index (χ3v) is 1.82. The SMILES string of the molecule is CC(N)C(C#N)c1ccccc1. The molecular formula is C10H12N2. The molecule has 0 saturated heterocycles. The van der Waals surface area contributed by atoms with E-state index >= 15 is 0 Å². The maximum atomic E-state index is 8.82. The topological polar surface area (TPSA) is 49.8 Å². The Balaban J connectivity index is 2.90. The number of hydrogen-bond donors (Lipinski definition) is 1. The minimum atomic E-state index is -0.189. The monoisotopic (exact) mass is 160 g/mol. The van der Waals surface area contributed by atoms with Crippen LogP contribution >= 0.6 is 0 Å². The lowest BCUT2D eigenvalue weighted by atomic mass is 9.95. The summed E-state index contributed by atoms with van der Waals surface area (Å²) in [6, 6.07) is 11.7. The van der Waals surface area contributed by atoms with E-state index in [9.17, 15) is 0 Å². The summed E-state index contributed by atoms with van der Waals surface area (Å²) in [7, 11) is 0. The molecule has 0 amide bonds. The standard InChI is InChI=1S/C10H12N2/c1-8(12)10(7-11)9-5-3-2-4-6-9/h2-6,8,10H,12H2,1H3. The Morgan fingerprint density at radius 1 is 1.33 bits per heavy atom. The van der Waals surface area contributed by atoms with Crippen LogP contribution in [0.15, 0.2) is 30.3 Å². The average Bonchev–Trinajstić information content (AvgIpc) is 2.07. The second kappa shape index (κ2) is 3.89.